The van der Waals surface area contributed by atoms with E-state index >= 15 is 0 Å². The Kier molecular flexibility index (Phi) is 20.6. The minimum absolute atomic E-state index is 0.0176. The van der Waals surface area contributed by atoms with Crippen molar-refractivity contribution in [3.05, 3.63) is 0 Å². The summed E-state index contributed by atoms with van der Waals surface area (Å²) in [5.41, 5.74) is -0.151. The molecule has 250 valence electrons. The third-order valence-corrected chi connectivity index (χ3v) is 9.42. The van der Waals surface area contributed by atoms with Gasteiger partial charge in [-0.1, -0.05) is 144 Å². The SMILES string of the molecule is CCCCCCCCCCCCCCCCCCNC(=O)[C@@H](NC(=O)NC1CC(C)(C)CC(C)(CN=C=O)C1)[C@@H](C)CC. The number of nitrogens with zero attached hydrogens (tertiary/aromatic N) is 1. The molecule has 3 N–H and O–H groups in total. The molecule has 4 atom stereocenters. The van der Waals surface area contributed by atoms with Crippen molar-refractivity contribution in [1.82, 2.24) is 16.0 Å². The van der Waals surface area contributed by atoms with Gasteiger partial charge in [0.25, 0.3) is 0 Å². The highest BCUT2D eigenvalue weighted by molar-refractivity contribution is 5.87. The first kappa shape index (κ1) is 39.1. The minimum atomic E-state index is -0.561. The van der Waals surface area contributed by atoms with Gasteiger partial charge >= 0.3 is 6.03 Å². The Hall–Kier alpha value is -1.88. The van der Waals surface area contributed by atoms with Gasteiger partial charge in [0.15, 0.2) is 0 Å². The molecule has 1 rings (SSSR count). The molecule has 0 aromatic heterocycles. The van der Waals surface area contributed by atoms with Gasteiger partial charge in [0.1, 0.15) is 6.04 Å². The first-order valence-electron chi connectivity index (χ1n) is 17.9. The first-order valence-corrected chi connectivity index (χ1v) is 17.9. The molecule has 1 fully saturated rings. The van der Waals surface area contributed by atoms with E-state index in [9.17, 15) is 14.4 Å². The molecule has 1 saturated carbocycles. The van der Waals surface area contributed by atoms with Crippen molar-refractivity contribution in [2.45, 2.75) is 182 Å². The minimum Gasteiger partial charge on any atom is -0.354 e. The van der Waals surface area contributed by atoms with Crippen LogP contribution in [0.4, 0.5) is 4.79 Å². The van der Waals surface area contributed by atoms with Crippen molar-refractivity contribution in [2.75, 3.05) is 13.1 Å². The van der Waals surface area contributed by atoms with Gasteiger partial charge in [-0.05, 0) is 42.4 Å². The molecule has 1 aliphatic carbocycles. The average Bonchev–Trinajstić information content (AvgIpc) is 2.94. The van der Waals surface area contributed by atoms with E-state index in [1.807, 2.05) is 13.8 Å². The summed E-state index contributed by atoms with van der Waals surface area (Å²) in [6, 6.07) is -0.901. The highest BCUT2D eigenvalue weighted by Crippen LogP contribution is 2.46. The molecule has 0 aromatic carbocycles. The van der Waals surface area contributed by atoms with E-state index in [0.717, 1.165) is 38.5 Å². The van der Waals surface area contributed by atoms with Crippen molar-refractivity contribution in [1.29, 1.82) is 0 Å². The van der Waals surface area contributed by atoms with Crippen molar-refractivity contribution >= 4 is 18.0 Å². The number of hydrogen-bond donors (Lipinski definition) is 3. The fourth-order valence-electron chi connectivity index (χ4n) is 7.14. The maximum absolute atomic E-state index is 13.1. The summed E-state index contributed by atoms with van der Waals surface area (Å²) < 4.78 is 0. The highest BCUT2D eigenvalue weighted by atomic mass is 16.2. The van der Waals surface area contributed by atoms with Crippen molar-refractivity contribution in [3.8, 4) is 0 Å². The normalized spacial score (nSPS) is 20.9. The molecule has 0 saturated heterocycles. The number of urea groups is 1. The van der Waals surface area contributed by atoms with Crippen LogP contribution in [-0.2, 0) is 9.59 Å². The van der Waals surface area contributed by atoms with Crippen LogP contribution in [-0.4, -0.2) is 43.2 Å². The van der Waals surface area contributed by atoms with Crippen LogP contribution in [0.3, 0.4) is 0 Å². The van der Waals surface area contributed by atoms with E-state index in [-0.39, 0.29) is 34.7 Å². The molecule has 0 bridgehead atoms. The van der Waals surface area contributed by atoms with E-state index in [4.69, 9.17) is 0 Å². The molecule has 0 aliphatic heterocycles. The van der Waals surface area contributed by atoms with Gasteiger partial charge in [0, 0.05) is 12.6 Å². The van der Waals surface area contributed by atoms with E-state index in [1.165, 1.54) is 89.9 Å². The molecule has 0 heterocycles. The monoisotopic (exact) mass is 605 g/mol. The number of carbonyl (C=O) groups is 2. The van der Waals surface area contributed by atoms with Gasteiger partial charge in [-0.2, -0.15) is 0 Å². The van der Waals surface area contributed by atoms with Crippen LogP contribution >= 0.6 is 0 Å². The lowest BCUT2D eigenvalue weighted by Gasteiger charge is -2.46. The molecule has 0 spiro atoms. The molecule has 2 unspecified atom stereocenters. The van der Waals surface area contributed by atoms with E-state index in [1.54, 1.807) is 6.08 Å². The first-order chi connectivity index (χ1) is 20.6. The lowest BCUT2D eigenvalue weighted by molar-refractivity contribution is -0.124. The lowest BCUT2D eigenvalue weighted by atomic mass is 9.62. The molecule has 43 heavy (non-hydrogen) atoms. The number of hydrogen-bond acceptors (Lipinski definition) is 4. The topological polar surface area (TPSA) is 99.7 Å². The zero-order valence-electron chi connectivity index (χ0n) is 29.0. The fraction of sp³-hybridized carbons (Fsp3) is 0.917. The number of aliphatic imine (C=N–C) groups is 1. The maximum atomic E-state index is 13.1. The Bertz CT molecular complexity index is 810. The average molecular weight is 605 g/mol. The predicted molar refractivity (Wildman–Crippen MR) is 180 cm³/mol. The standard InChI is InChI=1S/C36H68N4O3/c1-7-9-10-11-12-13-14-15-16-17-18-19-20-21-22-23-24-38-33(42)32(30(3)8-2)40-34(43)39-31-25-35(4,5)27-36(6,26-31)28-37-29-41/h30-32H,7-28H2,1-6H3,(H,38,42)(H2,39,40,43)/t30-,31?,32-,36?/m0/s1. The third kappa shape index (κ3) is 18.5. The van der Waals surface area contributed by atoms with Gasteiger partial charge in [0.2, 0.25) is 12.0 Å². The largest absolute Gasteiger partial charge is 0.354 e. The van der Waals surface area contributed by atoms with Crippen molar-refractivity contribution < 1.29 is 14.4 Å². The highest BCUT2D eigenvalue weighted by Gasteiger charge is 2.42. The van der Waals surface area contributed by atoms with Crippen molar-refractivity contribution in [2.24, 2.45) is 21.7 Å². The number of nitrogens with one attached hydrogen (secondary N) is 3. The zero-order valence-corrected chi connectivity index (χ0v) is 29.0. The summed E-state index contributed by atoms with van der Waals surface area (Å²) in [6.07, 6.45) is 26.2. The van der Waals surface area contributed by atoms with Crippen LogP contribution in [0.5, 0.6) is 0 Å². The predicted octanol–water partition coefficient (Wildman–Crippen LogP) is 9.00. The Labute approximate surface area is 265 Å². The second-order valence-corrected chi connectivity index (χ2v) is 14.7. The molecular formula is C36H68N4O3. The van der Waals surface area contributed by atoms with E-state index < -0.39 is 6.04 Å². The smallest absolute Gasteiger partial charge is 0.315 e. The number of carbonyl (C=O) groups excluding carboxylic acids is 3. The summed E-state index contributed by atoms with van der Waals surface area (Å²) in [4.78, 5) is 40.6. The van der Waals surface area contributed by atoms with Gasteiger partial charge in [-0.25, -0.2) is 14.6 Å². The molecule has 7 heteroatoms. The number of amides is 3. The molecule has 0 aromatic rings. The quantitative estimate of drug-likeness (QED) is 0.0582. The van der Waals surface area contributed by atoms with Crippen LogP contribution in [0.15, 0.2) is 4.99 Å². The molecule has 0 radical (unpaired) electrons. The number of isocyanates is 1. The second-order valence-electron chi connectivity index (χ2n) is 14.7. The maximum Gasteiger partial charge on any atom is 0.315 e. The molecule has 7 nitrogen and oxygen atoms in total. The summed E-state index contributed by atoms with van der Waals surface area (Å²) in [5, 5.41) is 9.17. The Morgan fingerprint density at radius 3 is 1.81 bits per heavy atom. The van der Waals surface area contributed by atoms with E-state index in [0.29, 0.717) is 13.1 Å². The Balaban J connectivity index is 2.25. The second kappa shape index (κ2) is 22.6. The summed E-state index contributed by atoms with van der Waals surface area (Å²) in [6.45, 7) is 13.9. The van der Waals surface area contributed by atoms with Crippen LogP contribution in [0.25, 0.3) is 0 Å². The zero-order chi connectivity index (χ0) is 32.0. The summed E-state index contributed by atoms with van der Waals surface area (Å²) >= 11 is 0. The van der Waals surface area contributed by atoms with Gasteiger partial charge < -0.3 is 16.0 Å². The Morgan fingerprint density at radius 1 is 0.814 bits per heavy atom. The van der Waals surface area contributed by atoms with Crippen LogP contribution in [0.1, 0.15) is 170 Å². The Morgan fingerprint density at radius 2 is 1.33 bits per heavy atom. The third-order valence-electron chi connectivity index (χ3n) is 9.42. The number of rotatable bonds is 24. The van der Waals surface area contributed by atoms with Gasteiger partial charge in [0.05, 0.1) is 6.54 Å². The van der Waals surface area contributed by atoms with E-state index in [2.05, 4.69) is 48.6 Å². The summed E-state index contributed by atoms with van der Waals surface area (Å²) in [5.74, 6) is -0.0638. The van der Waals surface area contributed by atoms with Gasteiger partial charge in [-0.3, -0.25) is 4.79 Å². The molecular weight excluding hydrogens is 536 g/mol. The van der Waals surface area contributed by atoms with Crippen LogP contribution in [0.2, 0.25) is 0 Å². The van der Waals surface area contributed by atoms with Crippen LogP contribution < -0.4 is 16.0 Å². The molecule has 1 aliphatic rings. The molecule has 3 amide bonds. The fourth-order valence-corrected chi connectivity index (χ4v) is 7.14. The number of unbranched alkanes of at least 4 members (excludes halogenated alkanes) is 15. The lowest BCUT2D eigenvalue weighted by Crippen LogP contribution is -2.56. The summed E-state index contributed by atoms with van der Waals surface area (Å²) in [7, 11) is 0. The van der Waals surface area contributed by atoms with Gasteiger partial charge in [-0.15, -0.1) is 0 Å². The van der Waals surface area contributed by atoms with Crippen molar-refractivity contribution in [3.63, 3.8) is 0 Å². The van der Waals surface area contributed by atoms with Crippen LogP contribution in [0, 0.1) is 16.7 Å².